The first-order valence-electron chi connectivity index (χ1n) is 9.24. The fraction of sp³-hybridized carbons (Fsp3) is 0.684. The average Bonchev–Trinajstić information content (AvgIpc) is 3.11. The van der Waals surface area contributed by atoms with Gasteiger partial charge in [-0.3, -0.25) is 9.59 Å². The van der Waals surface area contributed by atoms with Crippen LogP contribution in [0.25, 0.3) is 0 Å². The molecule has 2 heterocycles. The number of hydrogen-bond acceptors (Lipinski definition) is 4. The van der Waals surface area contributed by atoms with Crippen LogP contribution in [0.15, 0.2) is 17.5 Å². The monoisotopic (exact) mass is 366 g/mol. The molecule has 0 saturated carbocycles. The number of carbonyl (C=O) groups is 2. The van der Waals surface area contributed by atoms with Crippen LogP contribution in [0.1, 0.15) is 44.4 Å². The molecule has 1 aromatic heterocycles. The lowest BCUT2D eigenvalue weighted by molar-refractivity contribution is -0.140. The number of amides is 2. The smallest absolute Gasteiger partial charge is 0.245 e. The van der Waals surface area contributed by atoms with Crippen LogP contribution in [0, 0.1) is 5.92 Å². The van der Waals surface area contributed by atoms with Crippen LogP contribution in [0.5, 0.6) is 0 Å². The van der Waals surface area contributed by atoms with Crippen LogP contribution in [0.4, 0.5) is 0 Å². The molecule has 0 aromatic carbocycles. The fourth-order valence-corrected chi connectivity index (χ4v) is 3.75. The summed E-state index contributed by atoms with van der Waals surface area (Å²) in [6.45, 7) is 6.54. The molecule has 0 radical (unpaired) electrons. The molecule has 1 aromatic rings. The molecule has 0 spiro atoms. The fourth-order valence-electron chi connectivity index (χ4n) is 3.00. The summed E-state index contributed by atoms with van der Waals surface area (Å²) in [4.78, 5) is 28.2. The molecule has 1 aliphatic rings. The molecule has 1 saturated heterocycles. The molecule has 1 atom stereocenters. The highest BCUT2D eigenvalue weighted by Gasteiger charge is 2.27. The van der Waals surface area contributed by atoms with Crippen LogP contribution < -0.4 is 5.32 Å². The topological polar surface area (TPSA) is 58.6 Å². The van der Waals surface area contributed by atoms with Crippen LogP contribution >= 0.6 is 11.3 Å². The largest absolute Gasteiger partial charge is 0.378 e. The van der Waals surface area contributed by atoms with Crippen molar-refractivity contribution in [2.45, 2.75) is 52.0 Å². The molecule has 1 aliphatic heterocycles. The van der Waals surface area contributed by atoms with Gasteiger partial charge in [0.25, 0.3) is 0 Å². The van der Waals surface area contributed by atoms with E-state index in [1.165, 1.54) is 4.88 Å². The number of nitrogens with zero attached hydrogens (tertiary/aromatic N) is 1. The molecule has 2 rings (SSSR count). The Hall–Kier alpha value is -1.40. The first-order valence-corrected chi connectivity index (χ1v) is 10.1. The minimum atomic E-state index is -0.414. The number of unbranched alkanes of at least 4 members (excludes halogenated alkanes) is 1. The lowest BCUT2D eigenvalue weighted by Crippen LogP contribution is -2.52. The zero-order chi connectivity index (χ0) is 18.1. The molecule has 1 fully saturated rings. The van der Waals surface area contributed by atoms with Gasteiger partial charge in [0.1, 0.15) is 6.04 Å². The van der Waals surface area contributed by atoms with E-state index < -0.39 is 6.04 Å². The minimum absolute atomic E-state index is 0.0153. The van der Waals surface area contributed by atoms with Crippen molar-refractivity contribution < 1.29 is 14.3 Å². The van der Waals surface area contributed by atoms with E-state index in [9.17, 15) is 9.59 Å². The van der Waals surface area contributed by atoms with E-state index in [-0.39, 0.29) is 11.8 Å². The lowest BCUT2D eigenvalue weighted by Gasteiger charge is -2.31. The summed E-state index contributed by atoms with van der Waals surface area (Å²) in [6, 6.07) is 3.77. The van der Waals surface area contributed by atoms with Crippen LogP contribution in [0.3, 0.4) is 0 Å². The number of nitrogens with one attached hydrogen (secondary N) is 1. The summed E-state index contributed by atoms with van der Waals surface area (Å²) in [5, 5.41) is 5.05. The van der Waals surface area contributed by atoms with Crippen molar-refractivity contribution in [3.8, 4) is 0 Å². The predicted octanol–water partition coefficient (Wildman–Crippen LogP) is 2.85. The highest BCUT2D eigenvalue weighted by molar-refractivity contribution is 7.09. The van der Waals surface area contributed by atoms with E-state index in [1.807, 2.05) is 4.90 Å². The summed E-state index contributed by atoms with van der Waals surface area (Å²) in [7, 11) is 0. The van der Waals surface area contributed by atoms with Gasteiger partial charge in [0.2, 0.25) is 11.8 Å². The summed E-state index contributed by atoms with van der Waals surface area (Å²) in [5.41, 5.74) is 0. The first-order chi connectivity index (χ1) is 12.1. The second kappa shape index (κ2) is 10.6. The maximum absolute atomic E-state index is 12.7. The van der Waals surface area contributed by atoms with E-state index in [0.717, 1.165) is 19.3 Å². The Balaban J connectivity index is 1.76. The molecular formula is C19H30N2O3S. The van der Waals surface area contributed by atoms with Gasteiger partial charge >= 0.3 is 0 Å². The molecule has 0 bridgehead atoms. The molecule has 0 aliphatic carbocycles. The number of ether oxygens (including phenoxy) is 1. The van der Waals surface area contributed by atoms with Crippen molar-refractivity contribution in [2.75, 3.05) is 26.3 Å². The van der Waals surface area contributed by atoms with Gasteiger partial charge in [-0.1, -0.05) is 19.9 Å². The normalized spacial score (nSPS) is 16.0. The summed E-state index contributed by atoms with van der Waals surface area (Å²) in [5.74, 6) is 0.372. The lowest BCUT2D eigenvalue weighted by atomic mass is 10.0. The summed E-state index contributed by atoms with van der Waals surface area (Å²) >= 11 is 1.76. The van der Waals surface area contributed by atoms with Gasteiger partial charge in [0, 0.05) is 24.4 Å². The van der Waals surface area contributed by atoms with Gasteiger partial charge in [-0.25, -0.2) is 0 Å². The quantitative estimate of drug-likeness (QED) is 0.684. The zero-order valence-corrected chi connectivity index (χ0v) is 16.1. The summed E-state index contributed by atoms with van der Waals surface area (Å²) < 4.78 is 5.31. The Bertz CT molecular complexity index is 525. The number of rotatable bonds is 9. The molecule has 25 heavy (non-hydrogen) atoms. The molecule has 6 heteroatoms. The maximum Gasteiger partial charge on any atom is 0.245 e. The van der Waals surface area contributed by atoms with Crippen LogP contribution in [-0.2, 0) is 20.7 Å². The Morgan fingerprint density at radius 1 is 1.28 bits per heavy atom. The van der Waals surface area contributed by atoms with Gasteiger partial charge in [0.15, 0.2) is 0 Å². The predicted molar refractivity (Wildman–Crippen MR) is 101 cm³/mol. The van der Waals surface area contributed by atoms with E-state index >= 15 is 0 Å². The van der Waals surface area contributed by atoms with E-state index in [0.29, 0.717) is 45.1 Å². The highest BCUT2D eigenvalue weighted by atomic mass is 32.1. The zero-order valence-electron chi connectivity index (χ0n) is 15.3. The number of morpholine rings is 1. The third-order valence-electron chi connectivity index (χ3n) is 4.32. The third kappa shape index (κ3) is 7.16. The molecular weight excluding hydrogens is 336 g/mol. The Kier molecular flexibility index (Phi) is 8.41. The second-order valence-corrected chi connectivity index (χ2v) is 8.01. The standard InChI is InChI=1S/C19H30N2O3S/c1-15(2)14-17(19(23)21-9-11-24-12-10-21)20-18(22)8-4-3-6-16-7-5-13-25-16/h5,7,13,15,17H,3-4,6,8-12,14H2,1-2H3,(H,20,22)/t17-/m1/s1. The van der Waals surface area contributed by atoms with Crippen molar-refractivity contribution >= 4 is 23.2 Å². The number of hydrogen-bond donors (Lipinski definition) is 1. The first kappa shape index (κ1) is 19.9. The molecule has 5 nitrogen and oxygen atoms in total. The van der Waals surface area contributed by atoms with Gasteiger partial charge in [-0.2, -0.15) is 0 Å². The van der Waals surface area contributed by atoms with Gasteiger partial charge in [0.05, 0.1) is 13.2 Å². The van der Waals surface area contributed by atoms with E-state index in [2.05, 4.69) is 36.7 Å². The Morgan fingerprint density at radius 2 is 2.04 bits per heavy atom. The molecule has 140 valence electrons. The SMILES string of the molecule is CC(C)C[C@@H](NC(=O)CCCCc1cccs1)C(=O)N1CCOCC1. The van der Waals surface area contributed by atoms with Gasteiger partial charge < -0.3 is 15.0 Å². The number of carbonyl (C=O) groups excluding carboxylic acids is 2. The Labute approximate surface area is 154 Å². The minimum Gasteiger partial charge on any atom is -0.378 e. The van der Waals surface area contributed by atoms with Gasteiger partial charge in [-0.15, -0.1) is 11.3 Å². The molecule has 0 unspecified atom stereocenters. The van der Waals surface area contributed by atoms with Crippen LogP contribution in [0.2, 0.25) is 0 Å². The van der Waals surface area contributed by atoms with E-state index in [1.54, 1.807) is 11.3 Å². The average molecular weight is 367 g/mol. The van der Waals surface area contributed by atoms with Crippen LogP contribution in [-0.4, -0.2) is 49.1 Å². The van der Waals surface area contributed by atoms with Crippen molar-refractivity contribution in [2.24, 2.45) is 5.92 Å². The maximum atomic E-state index is 12.7. The summed E-state index contributed by atoms with van der Waals surface area (Å²) in [6.07, 6.45) is 4.03. The second-order valence-electron chi connectivity index (χ2n) is 6.97. The van der Waals surface area contributed by atoms with Crippen molar-refractivity contribution in [1.82, 2.24) is 10.2 Å². The van der Waals surface area contributed by atoms with Crippen molar-refractivity contribution in [3.05, 3.63) is 22.4 Å². The van der Waals surface area contributed by atoms with Crippen molar-refractivity contribution in [1.29, 1.82) is 0 Å². The Morgan fingerprint density at radius 3 is 2.68 bits per heavy atom. The molecule has 1 N–H and O–H groups in total. The number of aryl methyl sites for hydroxylation is 1. The van der Waals surface area contributed by atoms with Gasteiger partial charge in [-0.05, 0) is 43.0 Å². The van der Waals surface area contributed by atoms with Crippen molar-refractivity contribution in [3.63, 3.8) is 0 Å². The highest BCUT2D eigenvalue weighted by Crippen LogP contribution is 2.13. The van der Waals surface area contributed by atoms with E-state index in [4.69, 9.17) is 4.74 Å². The number of thiophene rings is 1. The third-order valence-corrected chi connectivity index (χ3v) is 5.26. The molecule has 2 amide bonds.